The fraction of sp³-hybridized carbons (Fsp3) is 0.786. The largest absolute Gasteiger partial charge is 0.309 e. The first-order chi connectivity index (χ1) is 8.15. The molecule has 0 aromatic carbocycles. The molecule has 0 saturated heterocycles. The Labute approximate surface area is 105 Å². The first kappa shape index (κ1) is 12.6. The van der Waals surface area contributed by atoms with Gasteiger partial charge < -0.3 is 5.32 Å². The van der Waals surface area contributed by atoms with E-state index in [1.54, 1.807) is 0 Å². The monoisotopic (exact) mass is 235 g/mol. The molecule has 4 atom stereocenters. The molecule has 1 fully saturated rings. The lowest BCUT2D eigenvalue weighted by molar-refractivity contribution is 0.210. The Morgan fingerprint density at radius 3 is 2.88 bits per heavy atom. The molecule has 3 nitrogen and oxygen atoms in total. The van der Waals surface area contributed by atoms with Gasteiger partial charge in [-0.15, -0.1) is 0 Å². The van der Waals surface area contributed by atoms with Crippen molar-refractivity contribution < 1.29 is 0 Å². The third-order valence-electron chi connectivity index (χ3n) is 3.95. The van der Waals surface area contributed by atoms with Crippen LogP contribution in [0.3, 0.4) is 0 Å². The SMILES string of the molecule is CC1CCC(NC(C)Cn2cccn2)C(C)C1. The van der Waals surface area contributed by atoms with Crippen LogP contribution in [0.25, 0.3) is 0 Å². The second-order valence-corrected chi connectivity index (χ2v) is 5.80. The van der Waals surface area contributed by atoms with Crippen molar-refractivity contribution in [2.24, 2.45) is 11.8 Å². The lowest BCUT2D eigenvalue weighted by atomic mass is 9.79. The highest BCUT2D eigenvalue weighted by Crippen LogP contribution is 2.28. The highest BCUT2D eigenvalue weighted by atomic mass is 15.3. The molecule has 0 radical (unpaired) electrons. The van der Waals surface area contributed by atoms with Crippen molar-refractivity contribution in [3.8, 4) is 0 Å². The molecule has 0 bridgehead atoms. The predicted octanol–water partition coefficient (Wildman–Crippen LogP) is 2.69. The third-order valence-corrected chi connectivity index (χ3v) is 3.95. The van der Waals surface area contributed by atoms with Gasteiger partial charge in [-0.1, -0.05) is 13.8 Å². The van der Waals surface area contributed by atoms with E-state index in [4.69, 9.17) is 0 Å². The number of nitrogens with one attached hydrogen (secondary N) is 1. The molecule has 1 aromatic rings. The summed E-state index contributed by atoms with van der Waals surface area (Å²) in [6, 6.07) is 3.17. The van der Waals surface area contributed by atoms with Crippen LogP contribution in [0.15, 0.2) is 18.5 Å². The molecule has 1 aromatic heterocycles. The van der Waals surface area contributed by atoms with Gasteiger partial charge in [0.2, 0.25) is 0 Å². The van der Waals surface area contributed by atoms with Gasteiger partial charge in [0.05, 0.1) is 6.54 Å². The average Bonchev–Trinajstić information content (AvgIpc) is 2.75. The minimum atomic E-state index is 0.496. The molecule has 0 aliphatic heterocycles. The third kappa shape index (κ3) is 3.56. The van der Waals surface area contributed by atoms with E-state index in [2.05, 4.69) is 31.2 Å². The van der Waals surface area contributed by atoms with Gasteiger partial charge in [-0.25, -0.2) is 0 Å². The number of hydrogen-bond acceptors (Lipinski definition) is 2. The van der Waals surface area contributed by atoms with Gasteiger partial charge in [-0.05, 0) is 44.1 Å². The van der Waals surface area contributed by atoms with E-state index < -0.39 is 0 Å². The number of rotatable bonds is 4. The van der Waals surface area contributed by atoms with Gasteiger partial charge in [-0.2, -0.15) is 5.10 Å². The maximum absolute atomic E-state index is 4.26. The predicted molar refractivity (Wildman–Crippen MR) is 70.8 cm³/mol. The molecule has 96 valence electrons. The fourth-order valence-electron chi connectivity index (χ4n) is 3.02. The lowest BCUT2D eigenvalue weighted by Gasteiger charge is -2.35. The Bertz CT molecular complexity index is 320. The normalized spacial score (nSPS) is 31.4. The summed E-state index contributed by atoms with van der Waals surface area (Å²) in [5.41, 5.74) is 0. The zero-order valence-electron chi connectivity index (χ0n) is 11.3. The molecule has 1 N–H and O–H groups in total. The van der Waals surface area contributed by atoms with E-state index in [0.717, 1.165) is 18.4 Å². The molecule has 1 saturated carbocycles. The molecule has 1 heterocycles. The van der Waals surface area contributed by atoms with Crippen LogP contribution in [0.5, 0.6) is 0 Å². The second-order valence-electron chi connectivity index (χ2n) is 5.80. The van der Waals surface area contributed by atoms with Crippen LogP contribution in [0, 0.1) is 11.8 Å². The summed E-state index contributed by atoms with van der Waals surface area (Å²) in [5.74, 6) is 1.71. The Morgan fingerprint density at radius 2 is 2.24 bits per heavy atom. The van der Waals surface area contributed by atoms with Gasteiger partial charge in [0.25, 0.3) is 0 Å². The first-order valence-electron chi connectivity index (χ1n) is 6.88. The van der Waals surface area contributed by atoms with Crippen LogP contribution in [0.4, 0.5) is 0 Å². The van der Waals surface area contributed by atoms with Crippen molar-refractivity contribution in [2.45, 2.75) is 58.7 Å². The van der Waals surface area contributed by atoms with E-state index >= 15 is 0 Å². The molecular weight excluding hydrogens is 210 g/mol. The van der Waals surface area contributed by atoms with Crippen LogP contribution >= 0.6 is 0 Å². The van der Waals surface area contributed by atoms with E-state index in [1.807, 2.05) is 23.1 Å². The van der Waals surface area contributed by atoms with Gasteiger partial charge >= 0.3 is 0 Å². The highest BCUT2D eigenvalue weighted by Gasteiger charge is 2.25. The fourth-order valence-corrected chi connectivity index (χ4v) is 3.02. The van der Waals surface area contributed by atoms with Gasteiger partial charge in [-0.3, -0.25) is 4.68 Å². The zero-order valence-corrected chi connectivity index (χ0v) is 11.3. The van der Waals surface area contributed by atoms with Crippen molar-refractivity contribution in [1.29, 1.82) is 0 Å². The van der Waals surface area contributed by atoms with Crippen molar-refractivity contribution in [3.63, 3.8) is 0 Å². The molecular formula is C14H25N3. The van der Waals surface area contributed by atoms with Crippen LogP contribution in [-0.2, 0) is 6.54 Å². The van der Waals surface area contributed by atoms with Gasteiger partial charge in [0, 0.05) is 24.5 Å². The van der Waals surface area contributed by atoms with E-state index in [0.29, 0.717) is 12.1 Å². The van der Waals surface area contributed by atoms with Crippen molar-refractivity contribution in [2.75, 3.05) is 0 Å². The lowest BCUT2D eigenvalue weighted by Crippen LogP contribution is -2.45. The smallest absolute Gasteiger partial charge is 0.0560 e. The van der Waals surface area contributed by atoms with E-state index in [9.17, 15) is 0 Å². The Hall–Kier alpha value is -0.830. The van der Waals surface area contributed by atoms with Gasteiger partial charge in [0.15, 0.2) is 0 Å². The molecule has 0 amide bonds. The minimum absolute atomic E-state index is 0.496. The Morgan fingerprint density at radius 1 is 1.41 bits per heavy atom. The standard InChI is InChI=1S/C14H25N3/c1-11-5-6-14(12(2)9-11)16-13(3)10-17-8-4-7-15-17/h4,7-8,11-14,16H,5-6,9-10H2,1-3H3. The summed E-state index contributed by atoms with van der Waals surface area (Å²) >= 11 is 0. The maximum atomic E-state index is 4.26. The molecule has 1 aliphatic rings. The summed E-state index contributed by atoms with van der Waals surface area (Å²) in [6.45, 7) is 7.98. The van der Waals surface area contributed by atoms with E-state index in [1.165, 1.54) is 19.3 Å². The highest BCUT2D eigenvalue weighted by molar-refractivity contribution is 4.84. The second kappa shape index (κ2) is 5.67. The van der Waals surface area contributed by atoms with Crippen molar-refractivity contribution >= 4 is 0 Å². The Balaban J connectivity index is 1.80. The van der Waals surface area contributed by atoms with Crippen LogP contribution in [-0.4, -0.2) is 21.9 Å². The topological polar surface area (TPSA) is 29.9 Å². The Kier molecular flexibility index (Phi) is 4.21. The molecule has 3 heteroatoms. The van der Waals surface area contributed by atoms with Crippen LogP contribution in [0.2, 0.25) is 0 Å². The number of nitrogens with zero attached hydrogens (tertiary/aromatic N) is 2. The van der Waals surface area contributed by atoms with Crippen molar-refractivity contribution in [1.82, 2.24) is 15.1 Å². The molecule has 0 spiro atoms. The summed E-state index contributed by atoms with van der Waals surface area (Å²) in [7, 11) is 0. The summed E-state index contributed by atoms with van der Waals surface area (Å²) in [5, 5.41) is 8.02. The van der Waals surface area contributed by atoms with Crippen molar-refractivity contribution in [3.05, 3.63) is 18.5 Å². The number of hydrogen-bond donors (Lipinski definition) is 1. The first-order valence-corrected chi connectivity index (χ1v) is 6.88. The summed E-state index contributed by atoms with van der Waals surface area (Å²) in [6.07, 6.45) is 7.94. The van der Waals surface area contributed by atoms with Crippen LogP contribution < -0.4 is 5.32 Å². The quantitative estimate of drug-likeness (QED) is 0.869. The minimum Gasteiger partial charge on any atom is -0.309 e. The number of aromatic nitrogens is 2. The zero-order chi connectivity index (χ0) is 12.3. The average molecular weight is 235 g/mol. The molecule has 1 aliphatic carbocycles. The van der Waals surface area contributed by atoms with Crippen LogP contribution in [0.1, 0.15) is 40.0 Å². The molecule has 2 rings (SSSR count). The summed E-state index contributed by atoms with van der Waals surface area (Å²) in [4.78, 5) is 0. The molecule has 17 heavy (non-hydrogen) atoms. The van der Waals surface area contributed by atoms with Gasteiger partial charge in [0.1, 0.15) is 0 Å². The van der Waals surface area contributed by atoms with E-state index in [-0.39, 0.29) is 0 Å². The summed E-state index contributed by atoms with van der Waals surface area (Å²) < 4.78 is 2.01. The molecule has 4 unspecified atom stereocenters. The maximum Gasteiger partial charge on any atom is 0.0560 e.